The van der Waals surface area contributed by atoms with Crippen LogP contribution in [0.1, 0.15) is 277 Å². The van der Waals surface area contributed by atoms with Gasteiger partial charge in [-0.05, 0) is 83.5 Å². The van der Waals surface area contributed by atoms with Crippen LogP contribution in [0.15, 0.2) is 72.9 Å². The molecule has 9 nitrogen and oxygen atoms in total. The van der Waals surface area contributed by atoms with Crippen molar-refractivity contribution in [1.29, 1.82) is 0 Å². The fourth-order valence-electron chi connectivity index (χ4n) is 8.68. The van der Waals surface area contributed by atoms with Crippen molar-refractivity contribution in [3.63, 3.8) is 0 Å². The van der Waals surface area contributed by atoms with Gasteiger partial charge in [-0.1, -0.05) is 254 Å². The summed E-state index contributed by atoms with van der Waals surface area (Å²) in [4.78, 5) is 37.8. The van der Waals surface area contributed by atoms with Gasteiger partial charge in [0.15, 0.2) is 6.10 Å². The maximum Gasteiger partial charge on any atom is 0.306 e. The molecular formula is C65H118NO8P. The highest BCUT2D eigenvalue weighted by Crippen LogP contribution is 2.38. The SMILES string of the molecule is CC/C=C\C/C=C\C/C=C\C/C=C\C/C=C\CCCCCCCCCCCCCCCCCCCCCCCC(=O)OC(COC(=O)CCCCCCC/C=C\CCCCCCC)COP(=O)([O-])OCC[N+](C)(C)C. The van der Waals surface area contributed by atoms with Gasteiger partial charge < -0.3 is 27.9 Å². The number of rotatable bonds is 57. The molecule has 2 atom stereocenters. The van der Waals surface area contributed by atoms with Crippen LogP contribution in [0.4, 0.5) is 0 Å². The third-order valence-corrected chi connectivity index (χ3v) is 14.4. The fourth-order valence-corrected chi connectivity index (χ4v) is 9.41. The Balaban J connectivity index is 3.95. The molecule has 436 valence electrons. The Morgan fingerprint density at radius 1 is 0.427 bits per heavy atom. The molecule has 0 saturated carbocycles. The summed E-state index contributed by atoms with van der Waals surface area (Å²) in [6, 6.07) is 0. The molecule has 0 aliphatic rings. The zero-order valence-corrected chi connectivity index (χ0v) is 50.4. The van der Waals surface area contributed by atoms with E-state index in [1.807, 2.05) is 21.1 Å². The highest BCUT2D eigenvalue weighted by molar-refractivity contribution is 7.45. The number of hydrogen-bond acceptors (Lipinski definition) is 8. The number of phosphoric acid groups is 1. The van der Waals surface area contributed by atoms with Crippen LogP contribution in [0.5, 0.6) is 0 Å². The first-order valence-corrected chi connectivity index (χ1v) is 32.6. The largest absolute Gasteiger partial charge is 0.756 e. The third-order valence-electron chi connectivity index (χ3n) is 13.5. The summed E-state index contributed by atoms with van der Waals surface area (Å²) < 4.78 is 34.1. The Hall–Kier alpha value is -2.55. The molecule has 0 aromatic heterocycles. The van der Waals surface area contributed by atoms with E-state index >= 15 is 0 Å². The smallest absolute Gasteiger partial charge is 0.306 e. The first-order chi connectivity index (χ1) is 36.5. The van der Waals surface area contributed by atoms with Gasteiger partial charge in [0.2, 0.25) is 0 Å². The number of esters is 2. The number of carbonyl (C=O) groups excluding carboxylic acids is 2. The zero-order valence-electron chi connectivity index (χ0n) is 49.5. The maximum atomic E-state index is 12.8. The van der Waals surface area contributed by atoms with Gasteiger partial charge in [0, 0.05) is 12.8 Å². The van der Waals surface area contributed by atoms with E-state index in [0.29, 0.717) is 17.4 Å². The van der Waals surface area contributed by atoms with Gasteiger partial charge in [0.25, 0.3) is 7.82 Å². The van der Waals surface area contributed by atoms with E-state index in [0.717, 1.165) is 89.9 Å². The van der Waals surface area contributed by atoms with E-state index in [2.05, 4.69) is 86.8 Å². The number of ether oxygens (including phenoxy) is 2. The molecular weight excluding hydrogens is 954 g/mol. The highest BCUT2D eigenvalue weighted by Gasteiger charge is 2.22. The number of quaternary nitrogens is 1. The number of hydrogen-bond donors (Lipinski definition) is 0. The second-order valence-corrected chi connectivity index (χ2v) is 23.4. The molecule has 0 aliphatic heterocycles. The molecule has 0 saturated heterocycles. The summed E-state index contributed by atoms with van der Waals surface area (Å²) >= 11 is 0. The van der Waals surface area contributed by atoms with E-state index in [-0.39, 0.29) is 32.0 Å². The van der Waals surface area contributed by atoms with Gasteiger partial charge in [0.05, 0.1) is 27.7 Å². The van der Waals surface area contributed by atoms with Gasteiger partial charge in [-0.3, -0.25) is 14.2 Å². The highest BCUT2D eigenvalue weighted by atomic mass is 31.2. The average molecular weight is 1070 g/mol. The lowest BCUT2D eigenvalue weighted by Gasteiger charge is -2.28. The van der Waals surface area contributed by atoms with Gasteiger partial charge in [-0.25, -0.2) is 0 Å². The minimum Gasteiger partial charge on any atom is -0.756 e. The fraction of sp³-hybridized carbons (Fsp3) is 0.785. The molecule has 0 bridgehead atoms. The van der Waals surface area contributed by atoms with E-state index in [1.165, 1.54) is 154 Å². The zero-order chi connectivity index (χ0) is 54.9. The van der Waals surface area contributed by atoms with Crippen LogP contribution >= 0.6 is 7.82 Å². The molecule has 0 heterocycles. The summed E-state index contributed by atoms with van der Waals surface area (Å²) in [6.45, 7) is 4.13. The first-order valence-electron chi connectivity index (χ1n) is 31.1. The van der Waals surface area contributed by atoms with Crippen LogP contribution in [0.2, 0.25) is 0 Å². The van der Waals surface area contributed by atoms with Crippen LogP contribution in [-0.2, 0) is 32.7 Å². The Labute approximate surface area is 463 Å². The summed E-state index contributed by atoms with van der Waals surface area (Å²) in [5, 5.41) is 0. The molecule has 0 radical (unpaired) electrons. The Morgan fingerprint density at radius 3 is 1.15 bits per heavy atom. The van der Waals surface area contributed by atoms with Gasteiger partial charge in [-0.2, -0.15) is 0 Å². The van der Waals surface area contributed by atoms with E-state index in [1.54, 1.807) is 0 Å². The van der Waals surface area contributed by atoms with Crippen molar-refractivity contribution >= 4 is 19.8 Å². The average Bonchev–Trinajstić information content (AvgIpc) is 3.37. The van der Waals surface area contributed by atoms with E-state index < -0.39 is 26.5 Å². The van der Waals surface area contributed by atoms with Crippen molar-refractivity contribution in [3.8, 4) is 0 Å². The molecule has 0 rings (SSSR count). The second kappa shape index (κ2) is 56.2. The van der Waals surface area contributed by atoms with Crippen LogP contribution in [0.3, 0.4) is 0 Å². The van der Waals surface area contributed by atoms with Crippen molar-refractivity contribution in [1.82, 2.24) is 0 Å². The van der Waals surface area contributed by atoms with Crippen molar-refractivity contribution in [3.05, 3.63) is 72.9 Å². The normalized spacial score (nSPS) is 13.7. The van der Waals surface area contributed by atoms with Crippen LogP contribution in [0, 0.1) is 0 Å². The summed E-state index contributed by atoms with van der Waals surface area (Å²) in [5.41, 5.74) is 0. The number of carbonyl (C=O) groups is 2. The topological polar surface area (TPSA) is 111 Å². The van der Waals surface area contributed by atoms with Gasteiger partial charge in [0.1, 0.15) is 19.8 Å². The molecule has 0 fully saturated rings. The Kier molecular flexibility index (Phi) is 54.3. The molecule has 0 aromatic rings. The summed E-state index contributed by atoms with van der Waals surface area (Å²) in [6.07, 6.45) is 74.0. The van der Waals surface area contributed by atoms with Crippen molar-refractivity contribution in [2.45, 2.75) is 283 Å². The van der Waals surface area contributed by atoms with Gasteiger partial charge in [-0.15, -0.1) is 0 Å². The summed E-state index contributed by atoms with van der Waals surface area (Å²) in [5.74, 6) is -0.834. The lowest BCUT2D eigenvalue weighted by molar-refractivity contribution is -0.870. The number of phosphoric ester groups is 1. The Morgan fingerprint density at radius 2 is 0.760 bits per heavy atom. The molecule has 75 heavy (non-hydrogen) atoms. The minimum atomic E-state index is -4.64. The standard InChI is InChI=1S/C65H118NO8P/c1-6-8-10-12-14-16-18-20-22-23-24-25-26-27-28-29-30-31-32-33-34-35-36-37-38-39-40-41-42-43-44-46-48-50-52-54-56-58-65(68)74-63(62-73-75(69,70)72-60-59-66(3,4)5)61-71-64(67)57-55-53-51-49-47-45-21-19-17-15-13-11-9-7-2/h8,10,14,16,19-22,24-25,27-28,63H,6-7,9,11-13,15,17-18,23,26,29-62H2,1-5H3/b10-8-,16-14-,21-19-,22-20-,25-24-,28-27-. The van der Waals surface area contributed by atoms with E-state index in [9.17, 15) is 19.0 Å². The number of nitrogens with zero attached hydrogens (tertiary/aromatic N) is 1. The van der Waals surface area contributed by atoms with Crippen molar-refractivity contribution in [2.24, 2.45) is 0 Å². The second-order valence-electron chi connectivity index (χ2n) is 22.0. The van der Waals surface area contributed by atoms with Crippen molar-refractivity contribution in [2.75, 3.05) is 47.5 Å². The maximum absolute atomic E-state index is 12.8. The van der Waals surface area contributed by atoms with Crippen molar-refractivity contribution < 1.29 is 42.1 Å². The molecule has 0 N–H and O–H groups in total. The monoisotopic (exact) mass is 1070 g/mol. The number of likely N-dealkylation sites (N-methyl/N-ethyl adjacent to an activating group) is 1. The summed E-state index contributed by atoms with van der Waals surface area (Å²) in [7, 11) is 1.17. The molecule has 2 unspecified atom stereocenters. The van der Waals surface area contributed by atoms with Crippen LogP contribution < -0.4 is 4.89 Å². The molecule has 0 amide bonds. The predicted octanol–water partition coefficient (Wildman–Crippen LogP) is 19.0. The Bertz CT molecular complexity index is 1500. The number of allylic oxidation sites excluding steroid dienone is 12. The van der Waals surface area contributed by atoms with Crippen LogP contribution in [0.25, 0.3) is 0 Å². The third kappa shape index (κ3) is 60.5. The first kappa shape index (κ1) is 72.5. The lowest BCUT2D eigenvalue weighted by atomic mass is 10.0. The molecule has 0 spiro atoms. The van der Waals surface area contributed by atoms with Crippen LogP contribution in [-0.4, -0.2) is 70.0 Å². The van der Waals surface area contributed by atoms with E-state index in [4.69, 9.17) is 18.5 Å². The quantitative estimate of drug-likeness (QED) is 0.0195. The minimum absolute atomic E-state index is 0.0319. The molecule has 0 aliphatic carbocycles. The molecule has 10 heteroatoms. The lowest BCUT2D eigenvalue weighted by Crippen LogP contribution is -2.37. The predicted molar refractivity (Wildman–Crippen MR) is 319 cm³/mol. The van der Waals surface area contributed by atoms with Gasteiger partial charge >= 0.3 is 11.9 Å². The molecule has 0 aromatic carbocycles. The number of unbranched alkanes of at least 4 members (excludes halogenated alkanes) is 31.